The Hall–Kier alpha value is -2.02. The zero-order valence-electron chi connectivity index (χ0n) is 9.71. The molecule has 2 rings (SSSR count). The van der Waals surface area contributed by atoms with Crippen LogP contribution in [0.25, 0.3) is 0 Å². The predicted molar refractivity (Wildman–Crippen MR) is 69.4 cm³/mol. The van der Waals surface area contributed by atoms with Gasteiger partial charge in [-0.1, -0.05) is 6.07 Å². The molecule has 1 aromatic rings. The van der Waals surface area contributed by atoms with Gasteiger partial charge in [-0.2, -0.15) is 10.2 Å². The Kier molecular flexibility index (Phi) is 3.83. The first kappa shape index (κ1) is 12.4. The minimum absolute atomic E-state index is 0.0585. The van der Waals surface area contributed by atoms with E-state index in [-0.39, 0.29) is 18.2 Å². The highest BCUT2D eigenvalue weighted by Crippen LogP contribution is 2.11. The first-order chi connectivity index (χ1) is 8.66. The van der Waals surface area contributed by atoms with Gasteiger partial charge in [-0.3, -0.25) is 9.59 Å². The monoisotopic (exact) mass is 264 g/mol. The van der Waals surface area contributed by atoms with Gasteiger partial charge in [0, 0.05) is 17.0 Å². The molecule has 6 nitrogen and oxygen atoms in total. The van der Waals surface area contributed by atoms with Crippen molar-refractivity contribution in [2.75, 3.05) is 0 Å². The zero-order valence-corrected chi connectivity index (χ0v) is 10.5. The second-order valence-corrected chi connectivity index (χ2v) is 4.77. The third kappa shape index (κ3) is 3.01. The van der Waals surface area contributed by atoms with E-state index in [1.807, 2.05) is 17.5 Å². The number of hydrogen-bond acceptors (Lipinski definition) is 5. The van der Waals surface area contributed by atoms with Crippen molar-refractivity contribution < 1.29 is 9.59 Å². The van der Waals surface area contributed by atoms with Gasteiger partial charge in [-0.05, 0) is 18.4 Å². The van der Waals surface area contributed by atoms with Gasteiger partial charge in [-0.15, -0.1) is 11.3 Å². The second-order valence-electron chi connectivity index (χ2n) is 3.79. The molecule has 0 aromatic carbocycles. The number of amides is 2. The van der Waals surface area contributed by atoms with E-state index >= 15 is 0 Å². The summed E-state index contributed by atoms with van der Waals surface area (Å²) >= 11 is 1.52. The van der Waals surface area contributed by atoms with Crippen LogP contribution >= 0.6 is 11.3 Å². The Morgan fingerprint density at radius 1 is 1.72 bits per heavy atom. The third-order valence-electron chi connectivity index (χ3n) is 2.48. The van der Waals surface area contributed by atoms with Gasteiger partial charge in [0.25, 0.3) is 0 Å². The molecule has 2 N–H and O–H groups in total. The van der Waals surface area contributed by atoms with Gasteiger partial charge in [-0.25, -0.2) is 10.9 Å². The molecule has 0 bridgehead atoms. The van der Waals surface area contributed by atoms with E-state index in [0.717, 1.165) is 4.88 Å². The summed E-state index contributed by atoms with van der Waals surface area (Å²) in [7, 11) is 0. The summed E-state index contributed by atoms with van der Waals surface area (Å²) < 4.78 is 0. The summed E-state index contributed by atoms with van der Waals surface area (Å²) in [4.78, 5) is 23.9. The highest BCUT2D eigenvalue weighted by Gasteiger charge is 2.28. The molecule has 0 saturated heterocycles. The molecule has 0 unspecified atom stereocenters. The van der Waals surface area contributed by atoms with E-state index in [1.165, 1.54) is 11.3 Å². The number of hydrazone groups is 2. The Morgan fingerprint density at radius 3 is 3.17 bits per heavy atom. The fraction of sp³-hybridized carbons (Fsp3) is 0.273. The van der Waals surface area contributed by atoms with E-state index in [1.54, 1.807) is 13.1 Å². The van der Waals surface area contributed by atoms with Crippen molar-refractivity contribution in [1.82, 2.24) is 10.9 Å². The summed E-state index contributed by atoms with van der Waals surface area (Å²) in [6, 6.07) is 3.79. The van der Waals surface area contributed by atoms with Crippen LogP contribution in [0.1, 0.15) is 18.2 Å². The van der Waals surface area contributed by atoms with Crippen molar-refractivity contribution >= 4 is 35.1 Å². The quantitative estimate of drug-likeness (QED) is 0.620. The molecule has 94 valence electrons. The molecule has 0 aliphatic carbocycles. The number of thiophene rings is 1. The second kappa shape index (κ2) is 5.54. The lowest BCUT2D eigenvalue weighted by atomic mass is 10.0. The topological polar surface area (TPSA) is 82.9 Å². The van der Waals surface area contributed by atoms with E-state index in [2.05, 4.69) is 21.1 Å². The first-order valence-corrected chi connectivity index (χ1v) is 6.24. The van der Waals surface area contributed by atoms with Crippen LogP contribution in [0.15, 0.2) is 27.7 Å². The van der Waals surface area contributed by atoms with Crippen LogP contribution in [-0.4, -0.2) is 23.7 Å². The van der Waals surface area contributed by atoms with E-state index < -0.39 is 5.92 Å². The van der Waals surface area contributed by atoms with Gasteiger partial charge in [0.2, 0.25) is 11.8 Å². The van der Waals surface area contributed by atoms with Crippen LogP contribution < -0.4 is 10.9 Å². The van der Waals surface area contributed by atoms with Crippen LogP contribution in [0, 0.1) is 5.92 Å². The normalized spacial score (nSPS) is 18.8. The average molecular weight is 264 g/mol. The maximum atomic E-state index is 11.6. The van der Waals surface area contributed by atoms with Gasteiger partial charge in [0.15, 0.2) is 0 Å². The van der Waals surface area contributed by atoms with E-state index in [0.29, 0.717) is 5.71 Å². The summed E-state index contributed by atoms with van der Waals surface area (Å²) in [6.45, 7) is 1.71. The van der Waals surface area contributed by atoms with E-state index in [4.69, 9.17) is 0 Å². The van der Waals surface area contributed by atoms with Gasteiger partial charge in [0.1, 0.15) is 0 Å². The van der Waals surface area contributed by atoms with E-state index in [9.17, 15) is 9.59 Å². The molecule has 1 atom stereocenters. The molecule has 0 spiro atoms. The van der Waals surface area contributed by atoms with Gasteiger partial charge in [0.05, 0.1) is 12.1 Å². The molecule has 18 heavy (non-hydrogen) atoms. The highest BCUT2D eigenvalue weighted by atomic mass is 32.1. The van der Waals surface area contributed by atoms with Crippen LogP contribution in [0.2, 0.25) is 0 Å². The molecule has 7 heteroatoms. The van der Waals surface area contributed by atoms with Crippen molar-refractivity contribution in [2.45, 2.75) is 13.3 Å². The number of nitrogens with zero attached hydrogens (tertiary/aromatic N) is 2. The molecule has 0 radical (unpaired) electrons. The Balaban J connectivity index is 1.82. The lowest BCUT2D eigenvalue weighted by molar-refractivity contribution is -0.127. The number of rotatable bonds is 4. The molecule has 0 saturated carbocycles. The zero-order chi connectivity index (χ0) is 13.0. The largest absolute Gasteiger partial charge is 0.273 e. The predicted octanol–water partition coefficient (Wildman–Crippen LogP) is 0.710. The Morgan fingerprint density at radius 2 is 2.56 bits per heavy atom. The van der Waals surface area contributed by atoms with Crippen molar-refractivity contribution in [1.29, 1.82) is 0 Å². The Bertz CT molecular complexity index is 507. The molecule has 2 amide bonds. The van der Waals surface area contributed by atoms with Gasteiger partial charge >= 0.3 is 0 Å². The fourth-order valence-corrected chi connectivity index (χ4v) is 2.08. The molecule has 1 aliphatic heterocycles. The smallest absolute Gasteiger partial charge is 0.249 e. The molecular formula is C11H12N4O2S. The van der Waals surface area contributed by atoms with Crippen molar-refractivity contribution in [2.24, 2.45) is 16.1 Å². The summed E-state index contributed by atoms with van der Waals surface area (Å²) in [6.07, 6.45) is 1.63. The van der Waals surface area contributed by atoms with Crippen LogP contribution in [0.4, 0.5) is 0 Å². The highest BCUT2D eigenvalue weighted by molar-refractivity contribution is 7.11. The van der Waals surface area contributed by atoms with Crippen LogP contribution in [0.3, 0.4) is 0 Å². The van der Waals surface area contributed by atoms with Crippen molar-refractivity contribution in [3.8, 4) is 0 Å². The van der Waals surface area contributed by atoms with Crippen LogP contribution in [0.5, 0.6) is 0 Å². The maximum Gasteiger partial charge on any atom is 0.249 e. The number of hydrogen-bond donors (Lipinski definition) is 2. The molecule has 1 aliphatic rings. The SMILES string of the molecule is CC1=NNC(=O)[C@H]1CC(=O)N/N=C\c1cccs1. The molecule has 1 aromatic heterocycles. The van der Waals surface area contributed by atoms with Crippen LogP contribution in [-0.2, 0) is 9.59 Å². The lowest BCUT2D eigenvalue weighted by Crippen LogP contribution is -2.29. The third-order valence-corrected chi connectivity index (χ3v) is 3.28. The number of carbonyl (C=O) groups excluding carboxylic acids is 2. The summed E-state index contributed by atoms with van der Waals surface area (Å²) in [5.41, 5.74) is 5.35. The first-order valence-electron chi connectivity index (χ1n) is 5.36. The number of nitrogens with one attached hydrogen (secondary N) is 2. The van der Waals surface area contributed by atoms with Gasteiger partial charge < -0.3 is 0 Å². The fourth-order valence-electron chi connectivity index (χ4n) is 1.49. The minimum Gasteiger partial charge on any atom is -0.273 e. The summed E-state index contributed by atoms with van der Waals surface area (Å²) in [5, 5.41) is 9.52. The summed E-state index contributed by atoms with van der Waals surface area (Å²) in [5.74, 6) is -1.04. The average Bonchev–Trinajstić information content (AvgIpc) is 2.94. The standard InChI is InChI=1S/C11H12N4O2S/c1-7-9(11(17)15-13-7)5-10(16)14-12-6-8-3-2-4-18-8/h2-4,6,9H,5H2,1H3,(H,14,16)(H,15,17)/b12-6-/t9-/m0/s1. The molecular weight excluding hydrogens is 252 g/mol. The minimum atomic E-state index is -0.484. The maximum absolute atomic E-state index is 11.6. The molecule has 2 heterocycles. The van der Waals surface area contributed by atoms with Crippen molar-refractivity contribution in [3.63, 3.8) is 0 Å². The van der Waals surface area contributed by atoms with Crippen molar-refractivity contribution in [3.05, 3.63) is 22.4 Å². The number of carbonyl (C=O) groups is 2. The lowest BCUT2D eigenvalue weighted by Gasteiger charge is -2.05. The molecule has 0 fully saturated rings. The Labute approximate surface area is 108 Å².